The minimum absolute atomic E-state index is 0.428. The molecule has 21 heavy (non-hydrogen) atoms. The van der Waals surface area contributed by atoms with Crippen molar-refractivity contribution in [3.63, 3.8) is 0 Å². The molecule has 2 aromatic heterocycles. The van der Waals surface area contributed by atoms with E-state index >= 15 is 0 Å². The van der Waals surface area contributed by atoms with Gasteiger partial charge >= 0.3 is 0 Å². The maximum absolute atomic E-state index is 4.74. The van der Waals surface area contributed by atoms with Gasteiger partial charge in [-0.15, -0.1) is 5.10 Å². The maximum Gasteiger partial charge on any atom is 0.180 e. The van der Waals surface area contributed by atoms with Gasteiger partial charge in [-0.25, -0.2) is 14.3 Å². The largest absolute Gasteiger partial charge is 0.312 e. The van der Waals surface area contributed by atoms with Crippen LogP contribution in [0.15, 0.2) is 6.20 Å². The van der Waals surface area contributed by atoms with Crippen LogP contribution in [0, 0.1) is 0 Å². The molecule has 0 atom stereocenters. The summed E-state index contributed by atoms with van der Waals surface area (Å²) in [5, 5.41) is 16.4. The van der Waals surface area contributed by atoms with Gasteiger partial charge < -0.3 is 5.32 Å². The number of hydrogen-bond acceptors (Lipinski definition) is 5. The first-order valence-corrected chi connectivity index (χ1v) is 7.85. The summed E-state index contributed by atoms with van der Waals surface area (Å²) in [6.45, 7) is 1.93. The van der Waals surface area contributed by atoms with E-state index in [0.717, 1.165) is 30.4 Å². The van der Waals surface area contributed by atoms with Crippen molar-refractivity contribution in [3.05, 3.63) is 12.0 Å². The van der Waals surface area contributed by atoms with Gasteiger partial charge in [0, 0.05) is 26.1 Å². The van der Waals surface area contributed by atoms with Crippen LogP contribution in [0.3, 0.4) is 0 Å². The molecule has 1 saturated carbocycles. The molecular formula is C14H21N7. The average molecular weight is 287 g/mol. The molecule has 0 aromatic carbocycles. The molecule has 1 saturated heterocycles. The second-order valence-electron chi connectivity index (χ2n) is 6.15. The fourth-order valence-electron chi connectivity index (χ4n) is 3.18. The van der Waals surface area contributed by atoms with Gasteiger partial charge in [0.1, 0.15) is 5.69 Å². The normalized spacial score (nSPS) is 20.6. The SMILES string of the molecule is Cn1nc(C2CCCCC2)nc1-c1cn(C2CNC2)nn1. The van der Waals surface area contributed by atoms with E-state index in [2.05, 4.69) is 20.7 Å². The lowest BCUT2D eigenvalue weighted by molar-refractivity contribution is 0.313. The third-order valence-electron chi connectivity index (χ3n) is 4.62. The Hall–Kier alpha value is -1.76. The lowest BCUT2D eigenvalue weighted by atomic mass is 9.89. The van der Waals surface area contributed by atoms with Crippen LogP contribution in [-0.2, 0) is 7.05 Å². The Morgan fingerprint density at radius 2 is 2.00 bits per heavy atom. The van der Waals surface area contributed by atoms with Crippen molar-refractivity contribution in [3.8, 4) is 11.5 Å². The molecule has 0 spiro atoms. The highest BCUT2D eigenvalue weighted by Crippen LogP contribution is 2.31. The number of aryl methyl sites for hydroxylation is 1. The van der Waals surface area contributed by atoms with Crippen molar-refractivity contribution in [1.82, 2.24) is 35.1 Å². The van der Waals surface area contributed by atoms with E-state index in [9.17, 15) is 0 Å². The van der Waals surface area contributed by atoms with Crippen LogP contribution in [0.5, 0.6) is 0 Å². The minimum Gasteiger partial charge on any atom is -0.312 e. The first-order valence-electron chi connectivity index (χ1n) is 7.85. The molecule has 4 rings (SSSR count). The smallest absolute Gasteiger partial charge is 0.180 e. The summed E-state index contributed by atoms with van der Waals surface area (Å²) in [5.74, 6) is 2.32. The van der Waals surface area contributed by atoms with Crippen LogP contribution in [0.4, 0.5) is 0 Å². The van der Waals surface area contributed by atoms with E-state index in [1.807, 2.05) is 22.6 Å². The molecule has 2 fully saturated rings. The Bertz CT molecular complexity index is 619. The third kappa shape index (κ3) is 2.35. The van der Waals surface area contributed by atoms with E-state index in [0.29, 0.717) is 12.0 Å². The van der Waals surface area contributed by atoms with Gasteiger partial charge in [0.15, 0.2) is 11.6 Å². The van der Waals surface area contributed by atoms with Crippen molar-refractivity contribution in [2.24, 2.45) is 7.05 Å². The number of nitrogens with zero attached hydrogens (tertiary/aromatic N) is 6. The molecule has 0 unspecified atom stereocenters. The van der Waals surface area contributed by atoms with Crippen LogP contribution in [-0.4, -0.2) is 42.8 Å². The molecule has 1 N–H and O–H groups in total. The second kappa shape index (κ2) is 5.22. The zero-order valence-electron chi connectivity index (χ0n) is 12.4. The molecule has 0 radical (unpaired) electrons. The van der Waals surface area contributed by atoms with Gasteiger partial charge in [-0.3, -0.25) is 0 Å². The molecule has 2 aromatic rings. The number of rotatable bonds is 3. The summed E-state index contributed by atoms with van der Waals surface area (Å²) in [5.41, 5.74) is 0.818. The zero-order valence-corrected chi connectivity index (χ0v) is 12.4. The molecule has 7 nitrogen and oxygen atoms in total. The molecule has 1 aliphatic heterocycles. The van der Waals surface area contributed by atoms with Crippen molar-refractivity contribution in [1.29, 1.82) is 0 Å². The fourth-order valence-corrected chi connectivity index (χ4v) is 3.18. The summed E-state index contributed by atoms with van der Waals surface area (Å²) in [4.78, 5) is 4.74. The Labute approximate surface area is 123 Å². The third-order valence-corrected chi connectivity index (χ3v) is 4.62. The van der Waals surface area contributed by atoms with E-state index in [-0.39, 0.29) is 0 Å². The molecule has 0 amide bonds. The van der Waals surface area contributed by atoms with Gasteiger partial charge in [-0.1, -0.05) is 24.5 Å². The number of aromatic nitrogens is 6. The number of nitrogens with one attached hydrogen (secondary N) is 1. The molecule has 1 aliphatic carbocycles. The van der Waals surface area contributed by atoms with Gasteiger partial charge in [0.25, 0.3) is 0 Å². The van der Waals surface area contributed by atoms with Crippen LogP contribution in [0.25, 0.3) is 11.5 Å². The Morgan fingerprint density at radius 1 is 1.19 bits per heavy atom. The topological polar surface area (TPSA) is 73.5 Å². The predicted octanol–water partition coefficient (Wildman–Crippen LogP) is 1.27. The van der Waals surface area contributed by atoms with E-state index < -0.39 is 0 Å². The standard InChI is InChI=1S/C14H21N7/c1-20-14(12-9-21(19-17-12)11-7-15-8-11)16-13(18-20)10-5-3-2-4-6-10/h9-11,15H,2-8H2,1H3. The Morgan fingerprint density at radius 3 is 2.71 bits per heavy atom. The highest BCUT2D eigenvalue weighted by atomic mass is 15.5. The van der Waals surface area contributed by atoms with E-state index in [1.165, 1.54) is 32.1 Å². The highest BCUT2D eigenvalue weighted by molar-refractivity contribution is 5.47. The summed E-state index contributed by atoms with van der Waals surface area (Å²) in [7, 11) is 1.94. The van der Waals surface area contributed by atoms with Crippen molar-refractivity contribution >= 4 is 0 Å². The van der Waals surface area contributed by atoms with Gasteiger partial charge in [-0.2, -0.15) is 5.10 Å². The van der Waals surface area contributed by atoms with Gasteiger partial charge in [0.2, 0.25) is 0 Å². The monoisotopic (exact) mass is 287 g/mol. The van der Waals surface area contributed by atoms with Gasteiger partial charge in [-0.05, 0) is 12.8 Å². The molecule has 112 valence electrons. The average Bonchev–Trinajstić information content (AvgIpc) is 3.05. The summed E-state index contributed by atoms with van der Waals surface area (Å²) in [6, 6.07) is 0.428. The van der Waals surface area contributed by atoms with Crippen molar-refractivity contribution in [2.75, 3.05) is 13.1 Å². The number of hydrogen-bond donors (Lipinski definition) is 1. The van der Waals surface area contributed by atoms with Gasteiger partial charge in [0.05, 0.1) is 12.2 Å². The van der Waals surface area contributed by atoms with Crippen LogP contribution < -0.4 is 5.32 Å². The summed E-state index contributed by atoms with van der Waals surface area (Å²) < 4.78 is 3.78. The summed E-state index contributed by atoms with van der Waals surface area (Å²) in [6.07, 6.45) is 8.35. The molecule has 3 heterocycles. The van der Waals surface area contributed by atoms with Crippen LogP contribution in [0.1, 0.15) is 49.9 Å². The maximum atomic E-state index is 4.74. The van der Waals surface area contributed by atoms with Crippen LogP contribution >= 0.6 is 0 Å². The molecule has 7 heteroatoms. The summed E-state index contributed by atoms with van der Waals surface area (Å²) >= 11 is 0. The van der Waals surface area contributed by atoms with Crippen LogP contribution in [0.2, 0.25) is 0 Å². The minimum atomic E-state index is 0.428. The zero-order chi connectivity index (χ0) is 14.2. The quantitative estimate of drug-likeness (QED) is 0.920. The lowest BCUT2D eigenvalue weighted by Gasteiger charge is -2.26. The molecule has 2 aliphatic rings. The second-order valence-corrected chi connectivity index (χ2v) is 6.15. The van der Waals surface area contributed by atoms with E-state index in [1.54, 1.807) is 0 Å². The molecular weight excluding hydrogens is 266 g/mol. The first kappa shape index (κ1) is 12.9. The van der Waals surface area contributed by atoms with Crippen molar-refractivity contribution < 1.29 is 0 Å². The Balaban J connectivity index is 1.59. The predicted molar refractivity (Wildman–Crippen MR) is 77.8 cm³/mol. The lowest BCUT2D eigenvalue weighted by Crippen LogP contribution is -2.43. The first-order chi connectivity index (χ1) is 10.3. The fraction of sp³-hybridized carbons (Fsp3) is 0.714. The highest BCUT2D eigenvalue weighted by Gasteiger charge is 2.24. The molecule has 0 bridgehead atoms. The van der Waals surface area contributed by atoms with E-state index in [4.69, 9.17) is 4.98 Å². The Kier molecular flexibility index (Phi) is 3.21. The van der Waals surface area contributed by atoms with Crippen molar-refractivity contribution in [2.45, 2.75) is 44.1 Å².